The Bertz CT molecular complexity index is 672. The van der Waals surface area contributed by atoms with Crippen molar-refractivity contribution in [3.8, 4) is 0 Å². The van der Waals surface area contributed by atoms with Gasteiger partial charge in [0.2, 0.25) is 5.89 Å². The summed E-state index contributed by atoms with van der Waals surface area (Å²) in [5, 5.41) is 10.8. The van der Waals surface area contributed by atoms with Gasteiger partial charge in [0.05, 0.1) is 6.54 Å². The van der Waals surface area contributed by atoms with Crippen LogP contribution >= 0.6 is 35.3 Å². The summed E-state index contributed by atoms with van der Waals surface area (Å²) in [5.41, 5.74) is -0.887. The minimum absolute atomic E-state index is 0. The standard InChI is InChI=1S/C12H15F3N6OS.HI/c1-3-16-11(17-4-9-19-7(2)21-22-9)18-5-10-20-8(6-23-10)12(13,14)15;/h6H,3-5H2,1-2H3,(H2,16,17,18);1H. The lowest BCUT2D eigenvalue weighted by molar-refractivity contribution is -0.140. The molecule has 0 amide bonds. The fourth-order valence-corrected chi connectivity index (χ4v) is 2.31. The van der Waals surface area contributed by atoms with Gasteiger partial charge in [0.25, 0.3) is 0 Å². The van der Waals surface area contributed by atoms with Crippen LogP contribution in [0.5, 0.6) is 0 Å². The van der Waals surface area contributed by atoms with E-state index in [2.05, 4.69) is 30.8 Å². The van der Waals surface area contributed by atoms with Crippen molar-refractivity contribution in [1.82, 2.24) is 25.8 Å². The zero-order chi connectivity index (χ0) is 16.9. The number of thiazole rings is 1. The molecular weight excluding hydrogens is 460 g/mol. The molecule has 12 heteroatoms. The number of aryl methyl sites for hydroxylation is 1. The lowest BCUT2D eigenvalue weighted by Crippen LogP contribution is -2.36. The molecule has 134 valence electrons. The maximum atomic E-state index is 12.5. The van der Waals surface area contributed by atoms with E-state index in [1.54, 1.807) is 6.92 Å². The first-order valence-electron chi connectivity index (χ1n) is 6.71. The maximum absolute atomic E-state index is 12.5. The van der Waals surface area contributed by atoms with E-state index in [0.29, 0.717) is 29.2 Å². The first kappa shape index (κ1) is 20.6. The van der Waals surface area contributed by atoms with E-state index in [-0.39, 0.29) is 37.1 Å². The summed E-state index contributed by atoms with van der Waals surface area (Å²) in [4.78, 5) is 11.8. The van der Waals surface area contributed by atoms with Crippen LogP contribution in [0.3, 0.4) is 0 Å². The predicted molar refractivity (Wildman–Crippen MR) is 93.2 cm³/mol. The molecule has 2 aromatic heterocycles. The Morgan fingerprint density at radius 3 is 2.62 bits per heavy atom. The Kier molecular flexibility index (Phi) is 7.86. The first-order valence-corrected chi connectivity index (χ1v) is 7.59. The van der Waals surface area contributed by atoms with Gasteiger partial charge >= 0.3 is 6.18 Å². The highest BCUT2D eigenvalue weighted by Crippen LogP contribution is 2.29. The molecule has 0 aliphatic heterocycles. The summed E-state index contributed by atoms with van der Waals surface area (Å²) < 4.78 is 42.4. The second kappa shape index (κ2) is 9.15. The van der Waals surface area contributed by atoms with E-state index in [4.69, 9.17) is 4.52 Å². The Labute approximate surface area is 157 Å². The monoisotopic (exact) mass is 476 g/mol. The van der Waals surface area contributed by atoms with Gasteiger partial charge in [-0.15, -0.1) is 35.3 Å². The van der Waals surface area contributed by atoms with Crippen molar-refractivity contribution in [2.75, 3.05) is 6.54 Å². The molecule has 2 N–H and O–H groups in total. The normalized spacial score (nSPS) is 12.0. The number of rotatable bonds is 5. The molecule has 24 heavy (non-hydrogen) atoms. The van der Waals surface area contributed by atoms with E-state index in [9.17, 15) is 13.2 Å². The van der Waals surface area contributed by atoms with Gasteiger partial charge in [0.1, 0.15) is 11.6 Å². The van der Waals surface area contributed by atoms with Crippen LogP contribution in [-0.4, -0.2) is 27.6 Å². The average molecular weight is 476 g/mol. The lowest BCUT2D eigenvalue weighted by atomic mass is 10.5. The Morgan fingerprint density at radius 1 is 1.33 bits per heavy atom. The summed E-state index contributed by atoms with van der Waals surface area (Å²) in [6.07, 6.45) is -4.43. The molecule has 2 rings (SSSR count). The third kappa shape index (κ3) is 6.22. The van der Waals surface area contributed by atoms with Crippen LogP contribution in [0.25, 0.3) is 0 Å². The van der Waals surface area contributed by atoms with E-state index in [0.717, 1.165) is 16.7 Å². The molecular formula is C12H16F3IN6OS. The molecule has 0 aromatic carbocycles. The van der Waals surface area contributed by atoms with E-state index in [1.807, 2.05) is 6.92 Å². The van der Waals surface area contributed by atoms with Crippen molar-refractivity contribution >= 4 is 41.3 Å². The third-order valence-electron chi connectivity index (χ3n) is 2.54. The number of halogens is 4. The molecule has 0 unspecified atom stereocenters. The topological polar surface area (TPSA) is 88.2 Å². The molecule has 0 spiro atoms. The van der Waals surface area contributed by atoms with Gasteiger partial charge in [-0.25, -0.2) is 9.98 Å². The number of aliphatic imine (C=N–C) groups is 1. The van der Waals surface area contributed by atoms with Crippen molar-refractivity contribution in [1.29, 1.82) is 0 Å². The van der Waals surface area contributed by atoms with Gasteiger partial charge in [-0.1, -0.05) is 5.16 Å². The molecule has 0 bridgehead atoms. The Hall–Kier alpha value is -1.44. The summed E-state index contributed by atoms with van der Waals surface area (Å²) in [7, 11) is 0. The van der Waals surface area contributed by atoms with Crippen LogP contribution in [-0.2, 0) is 19.3 Å². The highest BCUT2D eigenvalue weighted by Gasteiger charge is 2.33. The Morgan fingerprint density at radius 2 is 2.08 bits per heavy atom. The number of hydrogen-bond donors (Lipinski definition) is 2. The SMILES string of the molecule is CCNC(=NCc1nc(C)no1)NCc1nc(C(F)(F)F)cs1.I. The summed E-state index contributed by atoms with van der Waals surface area (Å²) >= 11 is 0.937. The van der Waals surface area contributed by atoms with Crippen molar-refractivity contribution in [3.05, 3.63) is 27.8 Å². The van der Waals surface area contributed by atoms with Crippen LogP contribution in [0.1, 0.15) is 29.3 Å². The highest BCUT2D eigenvalue weighted by molar-refractivity contribution is 14.0. The molecule has 2 aromatic rings. The molecule has 0 atom stereocenters. The smallest absolute Gasteiger partial charge is 0.357 e. The maximum Gasteiger partial charge on any atom is 0.434 e. The largest absolute Gasteiger partial charge is 0.434 e. The number of aromatic nitrogens is 3. The Balaban J connectivity index is 0.00000288. The van der Waals surface area contributed by atoms with Crippen LogP contribution in [0.2, 0.25) is 0 Å². The van der Waals surface area contributed by atoms with Crippen molar-refractivity contribution in [2.45, 2.75) is 33.1 Å². The molecule has 0 fully saturated rings. The molecule has 0 aliphatic carbocycles. The van der Waals surface area contributed by atoms with Gasteiger partial charge in [-0.3, -0.25) is 0 Å². The zero-order valence-electron chi connectivity index (χ0n) is 12.8. The van der Waals surface area contributed by atoms with E-state index in [1.165, 1.54) is 0 Å². The quantitative estimate of drug-likeness (QED) is 0.392. The van der Waals surface area contributed by atoms with Gasteiger partial charge in [0, 0.05) is 11.9 Å². The fraction of sp³-hybridized carbons (Fsp3) is 0.500. The van der Waals surface area contributed by atoms with Gasteiger partial charge in [0.15, 0.2) is 17.5 Å². The zero-order valence-corrected chi connectivity index (χ0v) is 16.0. The summed E-state index contributed by atoms with van der Waals surface area (Å²) in [6.45, 7) is 4.47. The summed E-state index contributed by atoms with van der Waals surface area (Å²) in [5.74, 6) is 1.29. The van der Waals surface area contributed by atoms with Crippen molar-refractivity contribution < 1.29 is 17.7 Å². The second-order valence-corrected chi connectivity index (χ2v) is 5.35. The molecule has 7 nitrogen and oxygen atoms in total. The molecule has 0 aliphatic rings. The molecule has 2 heterocycles. The molecule has 0 saturated heterocycles. The minimum atomic E-state index is -4.43. The molecule has 0 radical (unpaired) electrons. The number of nitrogens with one attached hydrogen (secondary N) is 2. The lowest BCUT2D eigenvalue weighted by Gasteiger charge is -2.09. The van der Waals surface area contributed by atoms with Gasteiger partial charge in [-0.05, 0) is 13.8 Å². The van der Waals surface area contributed by atoms with Crippen LogP contribution in [0.4, 0.5) is 13.2 Å². The van der Waals surface area contributed by atoms with Crippen LogP contribution in [0.15, 0.2) is 14.9 Å². The highest BCUT2D eigenvalue weighted by atomic mass is 127. The third-order valence-corrected chi connectivity index (χ3v) is 3.38. The number of hydrogen-bond acceptors (Lipinski definition) is 6. The molecule has 0 saturated carbocycles. The number of alkyl halides is 3. The number of guanidine groups is 1. The predicted octanol–water partition coefficient (Wildman–Crippen LogP) is 2.73. The minimum Gasteiger partial charge on any atom is -0.357 e. The van der Waals surface area contributed by atoms with Crippen LogP contribution < -0.4 is 10.6 Å². The van der Waals surface area contributed by atoms with E-state index >= 15 is 0 Å². The van der Waals surface area contributed by atoms with Gasteiger partial charge in [-0.2, -0.15) is 18.2 Å². The van der Waals surface area contributed by atoms with E-state index < -0.39 is 11.9 Å². The summed E-state index contributed by atoms with van der Waals surface area (Å²) in [6, 6.07) is 0. The second-order valence-electron chi connectivity index (χ2n) is 4.41. The fourth-order valence-electron chi connectivity index (χ4n) is 1.57. The van der Waals surface area contributed by atoms with Gasteiger partial charge < -0.3 is 15.2 Å². The first-order chi connectivity index (χ1) is 10.9. The van der Waals surface area contributed by atoms with Crippen molar-refractivity contribution in [3.63, 3.8) is 0 Å². The van der Waals surface area contributed by atoms with Crippen LogP contribution in [0, 0.1) is 6.92 Å². The average Bonchev–Trinajstić information content (AvgIpc) is 3.10. The van der Waals surface area contributed by atoms with Crippen molar-refractivity contribution in [2.24, 2.45) is 4.99 Å². The number of nitrogens with zero attached hydrogens (tertiary/aromatic N) is 4.